The lowest BCUT2D eigenvalue weighted by molar-refractivity contribution is 0.381. The van der Waals surface area contributed by atoms with Crippen LogP contribution in [-0.4, -0.2) is 0 Å². The third kappa shape index (κ3) is 19.7. The first-order valence-corrected chi connectivity index (χ1v) is 14.3. The number of hydrogen-bond acceptors (Lipinski definition) is 0. The fraction of sp³-hybridized carbons (Fsp3) is 0.900. The fourth-order valence-electron chi connectivity index (χ4n) is 4.63. The van der Waals surface area contributed by atoms with E-state index in [2.05, 4.69) is 39.8 Å². The molecule has 1 unspecified atom stereocenters. The van der Waals surface area contributed by atoms with E-state index >= 15 is 0 Å². The predicted octanol–water partition coefficient (Wildman–Crippen LogP) is 11.4. The van der Waals surface area contributed by atoms with Crippen molar-refractivity contribution in [3.8, 4) is 0 Å². The molecule has 1 atom stereocenters. The molecule has 0 aromatic rings. The van der Waals surface area contributed by atoms with E-state index in [-0.39, 0.29) is 0 Å². The van der Waals surface area contributed by atoms with Crippen molar-refractivity contribution in [1.82, 2.24) is 0 Å². The average Bonchev–Trinajstić information content (AvgIpc) is 2.76. The van der Waals surface area contributed by atoms with Crippen LogP contribution in [0.5, 0.6) is 0 Å². The second-order valence-electron chi connectivity index (χ2n) is 9.72. The Bertz CT molecular complexity index is 321. The molecule has 0 saturated heterocycles. The van der Waals surface area contributed by atoms with Gasteiger partial charge in [-0.15, -0.1) is 0 Å². The smallest absolute Gasteiger partial charge is 0.0210 e. The molecule has 0 aliphatic heterocycles. The van der Waals surface area contributed by atoms with Crippen LogP contribution in [-0.2, 0) is 0 Å². The summed E-state index contributed by atoms with van der Waals surface area (Å²) in [4.78, 5) is 0. The zero-order chi connectivity index (χ0) is 22.1. The summed E-state index contributed by atoms with van der Waals surface area (Å²) in [6.45, 7) is 9.35. The largest absolute Gasteiger partial charge is 0.0885 e. The van der Waals surface area contributed by atoms with E-state index in [0.717, 1.165) is 5.92 Å². The fourth-order valence-corrected chi connectivity index (χ4v) is 4.63. The third-order valence-electron chi connectivity index (χ3n) is 6.75. The summed E-state index contributed by atoms with van der Waals surface area (Å²) in [5.41, 5.74) is 0. The summed E-state index contributed by atoms with van der Waals surface area (Å²) in [7, 11) is 0. The summed E-state index contributed by atoms with van der Waals surface area (Å²) in [6.07, 6.45) is 35.8. The molecule has 0 N–H and O–H groups in total. The van der Waals surface area contributed by atoms with Crippen LogP contribution in [0.3, 0.4) is 0 Å². The minimum Gasteiger partial charge on any atom is -0.0885 e. The highest BCUT2D eigenvalue weighted by molar-refractivity contribution is 4.96. The van der Waals surface area contributed by atoms with Gasteiger partial charge >= 0.3 is 0 Å². The van der Waals surface area contributed by atoms with Crippen LogP contribution in [0.25, 0.3) is 0 Å². The Hall–Kier alpha value is -0.260. The molecule has 0 fully saturated rings. The molecule has 0 aliphatic carbocycles. The van der Waals surface area contributed by atoms with Gasteiger partial charge in [-0.3, -0.25) is 0 Å². The van der Waals surface area contributed by atoms with Gasteiger partial charge in [0.1, 0.15) is 0 Å². The summed E-state index contributed by atoms with van der Waals surface area (Å²) in [5, 5.41) is 0. The Kier molecular flexibility index (Phi) is 24.8. The standard InChI is InChI=1S/C30H59/c1-5-9-13-14-15-16-17-18-19-20-21-22-23-24-28-30(27-12-8-4)29(25-10-6-2)26-11-7-3/h18-19,30H,5-17,20-28H2,1-4H3/b19-18-. The predicted molar refractivity (Wildman–Crippen MR) is 140 cm³/mol. The van der Waals surface area contributed by atoms with Crippen LogP contribution in [0.2, 0.25) is 0 Å². The van der Waals surface area contributed by atoms with Crippen molar-refractivity contribution in [2.45, 2.75) is 169 Å². The Morgan fingerprint density at radius 2 is 0.900 bits per heavy atom. The molecule has 0 heterocycles. The van der Waals surface area contributed by atoms with Gasteiger partial charge < -0.3 is 0 Å². The van der Waals surface area contributed by atoms with E-state index in [1.165, 1.54) is 141 Å². The van der Waals surface area contributed by atoms with E-state index in [4.69, 9.17) is 0 Å². The van der Waals surface area contributed by atoms with Gasteiger partial charge in [-0.05, 0) is 63.2 Å². The molecule has 0 saturated carbocycles. The van der Waals surface area contributed by atoms with Gasteiger partial charge in [0.25, 0.3) is 0 Å². The van der Waals surface area contributed by atoms with Crippen LogP contribution in [0, 0.1) is 11.8 Å². The summed E-state index contributed by atoms with van der Waals surface area (Å²) in [6, 6.07) is 0. The maximum absolute atomic E-state index is 2.46. The molecule has 0 spiro atoms. The van der Waals surface area contributed by atoms with Crippen LogP contribution in [0.4, 0.5) is 0 Å². The Morgan fingerprint density at radius 1 is 0.467 bits per heavy atom. The SMILES string of the molecule is CCCCCCCC/C=C\CCCCCCC(CCCC)[C](CCCC)CCCC. The van der Waals surface area contributed by atoms with E-state index in [1.807, 2.05) is 5.92 Å². The number of allylic oxidation sites excluding steroid dienone is 2. The van der Waals surface area contributed by atoms with E-state index < -0.39 is 0 Å². The number of rotatable bonds is 24. The van der Waals surface area contributed by atoms with Crippen LogP contribution in [0.15, 0.2) is 12.2 Å². The molecular weight excluding hydrogens is 360 g/mol. The zero-order valence-corrected chi connectivity index (χ0v) is 21.8. The maximum Gasteiger partial charge on any atom is -0.0210 e. The van der Waals surface area contributed by atoms with Crippen molar-refractivity contribution in [1.29, 1.82) is 0 Å². The molecule has 0 bridgehead atoms. The molecule has 0 aromatic carbocycles. The minimum atomic E-state index is 0.931. The normalized spacial score (nSPS) is 13.0. The van der Waals surface area contributed by atoms with Crippen molar-refractivity contribution < 1.29 is 0 Å². The van der Waals surface area contributed by atoms with Gasteiger partial charge in [-0.2, -0.15) is 0 Å². The summed E-state index contributed by atoms with van der Waals surface area (Å²) < 4.78 is 0. The summed E-state index contributed by atoms with van der Waals surface area (Å²) in [5.74, 6) is 2.87. The monoisotopic (exact) mass is 419 g/mol. The first kappa shape index (κ1) is 29.7. The van der Waals surface area contributed by atoms with Gasteiger partial charge in [-0.1, -0.05) is 130 Å². The Labute approximate surface area is 193 Å². The topological polar surface area (TPSA) is 0 Å². The zero-order valence-electron chi connectivity index (χ0n) is 21.8. The van der Waals surface area contributed by atoms with Gasteiger partial charge in [0.2, 0.25) is 0 Å². The number of unbranched alkanes of at least 4 members (excludes halogenated alkanes) is 13. The van der Waals surface area contributed by atoms with Crippen molar-refractivity contribution in [3.05, 3.63) is 18.1 Å². The van der Waals surface area contributed by atoms with Crippen molar-refractivity contribution in [2.75, 3.05) is 0 Å². The molecule has 179 valence electrons. The molecule has 1 radical (unpaired) electrons. The van der Waals surface area contributed by atoms with Crippen molar-refractivity contribution in [3.63, 3.8) is 0 Å². The van der Waals surface area contributed by atoms with Crippen LogP contribution >= 0.6 is 0 Å². The van der Waals surface area contributed by atoms with Gasteiger partial charge in [0, 0.05) is 0 Å². The Morgan fingerprint density at radius 3 is 1.43 bits per heavy atom. The molecular formula is C30H59. The second kappa shape index (κ2) is 25.0. The highest BCUT2D eigenvalue weighted by atomic mass is 14.3. The number of hydrogen-bond donors (Lipinski definition) is 0. The summed E-state index contributed by atoms with van der Waals surface area (Å²) >= 11 is 0. The van der Waals surface area contributed by atoms with Gasteiger partial charge in [-0.25, -0.2) is 0 Å². The van der Waals surface area contributed by atoms with Crippen LogP contribution in [0.1, 0.15) is 169 Å². The quantitative estimate of drug-likeness (QED) is 0.108. The van der Waals surface area contributed by atoms with Gasteiger partial charge in [0.05, 0.1) is 0 Å². The molecule has 0 aromatic heterocycles. The molecule has 0 rings (SSSR count). The molecule has 0 nitrogen and oxygen atoms in total. The highest BCUT2D eigenvalue weighted by Crippen LogP contribution is 2.34. The first-order chi connectivity index (χ1) is 14.8. The lowest BCUT2D eigenvalue weighted by atomic mass is 9.78. The van der Waals surface area contributed by atoms with Gasteiger partial charge in [0.15, 0.2) is 0 Å². The lowest BCUT2D eigenvalue weighted by Crippen LogP contribution is -2.14. The van der Waals surface area contributed by atoms with Crippen LogP contribution < -0.4 is 0 Å². The van der Waals surface area contributed by atoms with E-state index in [0.29, 0.717) is 0 Å². The molecule has 30 heavy (non-hydrogen) atoms. The van der Waals surface area contributed by atoms with Crippen molar-refractivity contribution >= 4 is 0 Å². The third-order valence-corrected chi connectivity index (χ3v) is 6.75. The lowest BCUT2D eigenvalue weighted by Gasteiger charge is -2.27. The average molecular weight is 420 g/mol. The molecule has 0 aliphatic rings. The maximum atomic E-state index is 2.46. The second-order valence-corrected chi connectivity index (χ2v) is 9.72. The van der Waals surface area contributed by atoms with E-state index in [1.54, 1.807) is 0 Å². The minimum absolute atomic E-state index is 0.931. The molecule has 0 heteroatoms. The molecule has 0 amide bonds. The van der Waals surface area contributed by atoms with Crippen molar-refractivity contribution in [2.24, 2.45) is 5.92 Å². The first-order valence-electron chi connectivity index (χ1n) is 14.3. The van der Waals surface area contributed by atoms with E-state index in [9.17, 15) is 0 Å². The Balaban J connectivity index is 3.89. The highest BCUT2D eigenvalue weighted by Gasteiger charge is 2.20.